The molecule has 0 aromatic carbocycles. The van der Waals surface area contributed by atoms with Gasteiger partial charge in [-0.1, -0.05) is 11.6 Å². The molecular formula is C17H16ClF3N6O2. The van der Waals surface area contributed by atoms with Crippen LogP contribution >= 0.6 is 11.6 Å². The number of aromatic nitrogens is 4. The number of hydrogen-bond donors (Lipinski definition) is 4. The first-order chi connectivity index (χ1) is 13.6. The number of hydrogen-bond acceptors (Lipinski definition) is 6. The zero-order valence-corrected chi connectivity index (χ0v) is 15.7. The third kappa shape index (κ3) is 5.12. The van der Waals surface area contributed by atoms with Crippen molar-refractivity contribution in [1.29, 1.82) is 0 Å². The van der Waals surface area contributed by atoms with E-state index >= 15 is 0 Å². The Hall–Kier alpha value is -2.92. The van der Waals surface area contributed by atoms with Gasteiger partial charge in [0.2, 0.25) is 5.91 Å². The second-order valence-corrected chi connectivity index (χ2v) is 6.65. The van der Waals surface area contributed by atoms with Crippen LogP contribution in [0, 0.1) is 0 Å². The molecule has 29 heavy (non-hydrogen) atoms. The Kier molecular flexibility index (Phi) is 5.89. The fourth-order valence-corrected chi connectivity index (χ4v) is 2.75. The van der Waals surface area contributed by atoms with Crippen LogP contribution in [0.15, 0.2) is 30.7 Å². The summed E-state index contributed by atoms with van der Waals surface area (Å²) in [5.41, 5.74) is 1.16. The summed E-state index contributed by atoms with van der Waals surface area (Å²) in [5.74, 6) is -0.599. The molecule has 0 saturated heterocycles. The normalized spacial score (nSPS) is 13.9. The lowest BCUT2D eigenvalue weighted by atomic mass is 10.1. The average molecular weight is 429 g/mol. The van der Waals surface area contributed by atoms with E-state index in [0.29, 0.717) is 21.6 Å². The third-order valence-corrected chi connectivity index (χ3v) is 4.13. The molecular weight excluding hydrogens is 413 g/mol. The molecule has 12 heteroatoms. The highest BCUT2D eigenvalue weighted by Gasteiger charge is 2.31. The maximum absolute atomic E-state index is 12.3. The molecule has 0 aliphatic rings. The number of aliphatic hydroxyl groups excluding tert-OH is 1. The molecule has 0 radical (unpaired) electrons. The van der Waals surface area contributed by atoms with Gasteiger partial charge in [0, 0.05) is 29.5 Å². The number of rotatable bonds is 6. The summed E-state index contributed by atoms with van der Waals surface area (Å²) in [6.07, 6.45) is -1.32. The molecule has 154 valence electrons. The van der Waals surface area contributed by atoms with E-state index in [0.717, 1.165) is 0 Å². The number of halogens is 4. The number of aromatic amines is 1. The highest BCUT2D eigenvalue weighted by molar-refractivity contribution is 6.31. The second kappa shape index (κ2) is 8.21. The van der Waals surface area contributed by atoms with Crippen LogP contribution in [0.3, 0.4) is 0 Å². The standard InChI is InChI=1S/C17H16ClF3N6O2/c1-8(28)13(16(29)25-7-17(19,20)21)26-12-2-3-22-15(27-12)11-6-24-14-10(11)4-9(18)5-23-14/h2-6,8,13,28H,7H2,1H3,(H,23,24)(H,25,29)(H,22,26,27)/t8-,13+/m0/s1. The average Bonchev–Trinajstić information content (AvgIpc) is 3.06. The number of fused-ring (bicyclic) bond motifs is 1. The van der Waals surface area contributed by atoms with E-state index in [1.807, 2.05) is 0 Å². The van der Waals surface area contributed by atoms with E-state index < -0.39 is 30.8 Å². The maximum Gasteiger partial charge on any atom is 0.405 e. The summed E-state index contributed by atoms with van der Waals surface area (Å²) in [6.45, 7) is -0.227. The molecule has 0 fully saturated rings. The summed E-state index contributed by atoms with van der Waals surface area (Å²) in [5, 5.41) is 15.3. The summed E-state index contributed by atoms with van der Waals surface area (Å²) < 4.78 is 37.0. The highest BCUT2D eigenvalue weighted by atomic mass is 35.5. The molecule has 3 aromatic heterocycles. The smallest absolute Gasteiger partial charge is 0.391 e. The van der Waals surface area contributed by atoms with Crippen LogP contribution in [-0.4, -0.2) is 55.8 Å². The van der Waals surface area contributed by atoms with Gasteiger partial charge in [-0.15, -0.1) is 0 Å². The summed E-state index contributed by atoms with van der Waals surface area (Å²) in [6, 6.07) is 1.76. The molecule has 3 aromatic rings. The molecule has 2 atom stereocenters. The van der Waals surface area contributed by atoms with Crippen LogP contribution in [0.5, 0.6) is 0 Å². The van der Waals surface area contributed by atoms with Gasteiger partial charge in [0.05, 0.1) is 11.1 Å². The quantitative estimate of drug-likeness (QED) is 0.479. The lowest BCUT2D eigenvalue weighted by Gasteiger charge is -2.21. The van der Waals surface area contributed by atoms with Crippen LogP contribution in [0.2, 0.25) is 5.02 Å². The SMILES string of the molecule is C[C@H](O)[C@@H](Nc1ccnc(-c2c[nH]c3ncc(Cl)cc23)n1)C(=O)NCC(F)(F)F. The van der Waals surface area contributed by atoms with Crippen LogP contribution in [0.4, 0.5) is 19.0 Å². The van der Waals surface area contributed by atoms with Crippen molar-refractivity contribution < 1.29 is 23.1 Å². The lowest BCUT2D eigenvalue weighted by molar-refractivity contribution is -0.140. The topological polar surface area (TPSA) is 116 Å². The maximum atomic E-state index is 12.3. The van der Waals surface area contributed by atoms with Gasteiger partial charge in [0.25, 0.3) is 0 Å². The first-order valence-corrected chi connectivity index (χ1v) is 8.77. The zero-order chi connectivity index (χ0) is 21.2. The molecule has 0 spiro atoms. The fourth-order valence-electron chi connectivity index (χ4n) is 2.59. The Morgan fingerprint density at radius 3 is 2.83 bits per heavy atom. The van der Waals surface area contributed by atoms with Crippen LogP contribution in [0.25, 0.3) is 22.4 Å². The van der Waals surface area contributed by atoms with Gasteiger partial charge in [-0.3, -0.25) is 4.79 Å². The number of anilines is 1. The van der Waals surface area contributed by atoms with Crippen LogP contribution in [-0.2, 0) is 4.79 Å². The van der Waals surface area contributed by atoms with Crippen molar-refractivity contribution in [3.05, 3.63) is 35.7 Å². The highest BCUT2D eigenvalue weighted by Crippen LogP contribution is 2.27. The molecule has 0 saturated carbocycles. The molecule has 1 amide bonds. The number of carbonyl (C=O) groups is 1. The lowest BCUT2D eigenvalue weighted by Crippen LogP contribution is -2.48. The van der Waals surface area contributed by atoms with Crippen molar-refractivity contribution in [3.8, 4) is 11.4 Å². The Bertz CT molecular complexity index is 1020. The molecule has 0 aliphatic heterocycles. The predicted molar refractivity (Wildman–Crippen MR) is 100 cm³/mol. The number of carbonyl (C=O) groups excluding carboxylic acids is 1. The second-order valence-electron chi connectivity index (χ2n) is 6.21. The van der Waals surface area contributed by atoms with Crippen molar-refractivity contribution in [3.63, 3.8) is 0 Å². The zero-order valence-electron chi connectivity index (χ0n) is 15.0. The van der Waals surface area contributed by atoms with Crippen molar-refractivity contribution in [2.75, 3.05) is 11.9 Å². The number of pyridine rings is 1. The van der Waals surface area contributed by atoms with Gasteiger partial charge in [-0.25, -0.2) is 15.0 Å². The first-order valence-electron chi connectivity index (χ1n) is 8.39. The molecule has 0 unspecified atom stereocenters. The Labute approximate surface area is 167 Å². The van der Waals surface area contributed by atoms with E-state index in [1.165, 1.54) is 25.4 Å². The first kappa shape index (κ1) is 20.8. The molecule has 4 N–H and O–H groups in total. The number of aliphatic hydroxyl groups is 1. The fraction of sp³-hybridized carbons (Fsp3) is 0.294. The van der Waals surface area contributed by atoms with Crippen molar-refractivity contribution in [2.45, 2.75) is 25.2 Å². The minimum Gasteiger partial charge on any atom is -0.391 e. The third-order valence-electron chi connectivity index (χ3n) is 3.93. The molecule has 8 nitrogen and oxygen atoms in total. The summed E-state index contributed by atoms with van der Waals surface area (Å²) >= 11 is 5.98. The number of H-pyrrole nitrogens is 1. The minimum absolute atomic E-state index is 0.146. The van der Waals surface area contributed by atoms with E-state index in [-0.39, 0.29) is 11.6 Å². The minimum atomic E-state index is -4.56. The monoisotopic (exact) mass is 428 g/mol. The van der Waals surface area contributed by atoms with Gasteiger partial charge in [-0.2, -0.15) is 13.2 Å². The van der Waals surface area contributed by atoms with Crippen LogP contribution < -0.4 is 10.6 Å². The number of nitrogens with one attached hydrogen (secondary N) is 3. The Balaban J connectivity index is 1.84. The van der Waals surface area contributed by atoms with Gasteiger partial charge < -0.3 is 20.7 Å². The van der Waals surface area contributed by atoms with E-state index in [1.54, 1.807) is 17.6 Å². The van der Waals surface area contributed by atoms with Crippen molar-refractivity contribution in [2.24, 2.45) is 0 Å². The molecule has 3 rings (SSSR count). The van der Waals surface area contributed by atoms with Gasteiger partial charge in [0.15, 0.2) is 5.82 Å². The van der Waals surface area contributed by atoms with E-state index in [4.69, 9.17) is 11.6 Å². The van der Waals surface area contributed by atoms with Gasteiger partial charge >= 0.3 is 6.18 Å². The molecule has 0 aliphatic carbocycles. The summed E-state index contributed by atoms with van der Waals surface area (Å²) in [4.78, 5) is 27.6. The van der Waals surface area contributed by atoms with Crippen molar-refractivity contribution in [1.82, 2.24) is 25.3 Å². The summed E-state index contributed by atoms with van der Waals surface area (Å²) in [7, 11) is 0. The Morgan fingerprint density at radius 1 is 1.38 bits per heavy atom. The molecule has 0 bridgehead atoms. The Morgan fingerprint density at radius 2 is 2.14 bits per heavy atom. The predicted octanol–water partition coefficient (Wildman–Crippen LogP) is 2.51. The number of amides is 1. The van der Waals surface area contributed by atoms with E-state index in [2.05, 4.69) is 25.3 Å². The molecule has 3 heterocycles. The largest absolute Gasteiger partial charge is 0.405 e. The van der Waals surface area contributed by atoms with Gasteiger partial charge in [-0.05, 0) is 19.1 Å². The van der Waals surface area contributed by atoms with Crippen LogP contribution in [0.1, 0.15) is 6.92 Å². The number of nitrogens with zero attached hydrogens (tertiary/aromatic N) is 3. The van der Waals surface area contributed by atoms with Crippen molar-refractivity contribution >= 4 is 34.4 Å². The number of alkyl halides is 3. The van der Waals surface area contributed by atoms with E-state index in [9.17, 15) is 23.1 Å². The van der Waals surface area contributed by atoms with Gasteiger partial charge in [0.1, 0.15) is 24.1 Å².